The van der Waals surface area contributed by atoms with E-state index in [4.69, 9.17) is 9.47 Å². The van der Waals surface area contributed by atoms with Gasteiger partial charge in [0, 0.05) is 14.2 Å². The molecule has 0 bridgehead atoms. The Kier molecular flexibility index (Phi) is 15.4. The normalized spacial score (nSPS) is 9.27. The van der Waals surface area contributed by atoms with Gasteiger partial charge in [0.15, 0.2) is 0 Å². The highest BCUT2D eigenvalue weighted by Gasteiger charge is 2.01. The summed E-state index contributed by atoms with van der Waals surface area (Å²) in [4.78, 5) is 0. The average molecular weight is 163 g/mol. The van der Waals surface area contributed by atoms with E-state index in [0.29, 0.717) is 19.3 Å². The Balaban J connectivity index is 0. The predicted molar refractivity (Wildman–Crippen MR) is 47.9 cm³/mol. The number of methoxy groups -OCH3 is 2. The number of hydrogen-bond donors (Lipinski definition) is 1. The lowest BCUT2D eigenvalue weighted by Crippen LogP contribution is -2.34. The maximum absolute atomic E-state index is 4.90. The Morgan fingerprint density at radius 3 is 1.64 bits per heavy atom. The van der Waals surface area contributed by atoms with Crippen molar-refractivity contribution in [2.24, 2.45) is 0 Å². The van der Waals surface area contributed by atoms with Gasteiger partial charge in [-0.05, 0) is 7.05 Å². The summed E-state index contributed by atoms with van der Waals surface area (Å²) in [5.41, 5.74) is 0. The van der Waals surface area contributed by atoms with E-state index in [1.807, 2.05) is 20.9 Å². The molecule has 0 spiro atoms. The van der Waals surface area contributed by atoms with Gasteiger partial charge in [0.2, 0.25) is 0 Å². The van der Waals surface area contributed by atoms with Crippen LogP contribution in [0.2, 0.25) is 0 Å². The first-order valence-corrected chi connectivity index (χ1v) is 4.00. The van der Waals surface area contributed by atoms with Gasteiger partial charge in [0.1, 0.15) is 0 Å². The van der Waals surface area contributed by atoms with Crippen LogP contribution in [0.5, 0.6) is 0 Å². The van der Waals surface area contributed by atoms with E-state index in [1.165, 1.54) is 0 Å². The smallest absolute Gasteiger partial charge is 0.0638 e. The molecular formula is C8H21NO2. The third-order valence-corrected chi connectivity index (χ3v) is 1.14. The fraction of sp³-hybridized carbons (Fsp3) is 1.00. The standard InChI is InChI=1S/C6H15NO2.C2H6/c1-7-6(4-8-2)5-9-3;1-2/h6-7H,4-5H2,1-3H3;1-2H3. The fourth-order valence-electron chi connectivity index (χ4n) is 0.617. The molecule has 0 saturated heterocycles. The molecule has 0 rings (SSSR count). The molecule has 0 aromatic carbocycles. The third kappa shape index (κ3) is 9.88. The van der Waals surface area contributed by atoms with Crippen molar-refractivity contribution in [3.8, 4) is 0 Å². The van der Waals surface area contributed by atoms with Gasteiger partial charge in [-0.15, -0.1) is 0 Å². The van der Waals surface area contributed by atoms with Crippen LogP contribution in [0.25, 0.3) is 0 Å². The maximum atomic E-state index is 4.90. The molecule has 0 aliphatic carbocycles. The zero-order chi connectivity index (χ0) is 9.11. The molecule has 11 heavy (non-hydrogen) atoms. The number of hydrogen-bond acceptors (Lipinski definition) is 3. The van der Waals surface area contributed by atoms with E-state index in [0.717, 1.165) is 0 Å². The zero-order valence-corrected chi connectivity index (χ0v) is 8.31. The van der Waals surface area contributed by atoms with Gasteiger partial charge in [-0.1, -0.05) is 13.8 Å². The molecule has 3 heteroatoms. The summed E-state index contributed by atoms with van der Waals surface area (Å²) in [6.45, 7) is 5.40. The van der Waals surface area contributed by atoms with Gasteiger partial charge < -0.3 is 14.8 Å². The number of nitrogens with one attached hydrogen (secondary N) is 1. The van der Waals surface area contributed by atoms with Crippen LogP contribution < -0.4 is 5.32 Å². The van der Waals surface area contributed by atoms with Crippen molar-refractivity contribution >= 4 is 0 Å². The van der Waals surface area contributed by atoms with E-state index in [2.05, 4.69) is 5.32 Å². The van der Waals surface area contributed by atoms with E-state index in [-0.39, 0.29) is 0 Å². The summed E-state index contributed by atoms with van der Waals surface area (Å²) in [7, 11) is 5.25. The van der Waals surface area contributed by atoms with Gasteiger partial charge in [-0.3, -0.25) is 0 Å². The van der Waals surface area contributed by atoms with Crippen molar-refractivity contribution in [1.29, 1.82) is 0 Å². The van der Waals surface area contributed by atoms with Crippen molar-refractivity contribution in [3.63, 3.8) is 0 Å². The number of ether oxygens (including phenoxy) is 2. The summed E-state index contributed by atoms with van der Waals surface area (Å²) < 4.78 is 9.81. The lowest BCUT2D eigenvalue weighted by atomic mass is 10.3. The number of rotatable bonds is 5. The second kappa shape index (κ2) is 12.5. The minimum Gasteiger partial charge on any atom is -0.383 e. The van der Waals surface area contributed by atoms with Crippen LogP contribution in [-0.2, 0) is 9.47 Å². The van der Waals surface area contributed by atoms with Crippen molar-refractivity contribution < 1.29 is 9.47 Å². The topological polar surface area (TPSA) is 30.5 Å². The summed E-state index contributed by atoms with van der Waals surface area (Å²) in [6.07, 6.45) is 0. The van der Waals surface area contributed by atoms with Crippen LogP contribution in [-0.4, -0.2) is 40.5 Å². The van der Waals surface area contributed by atoms with Crippen LogP contribution in [0.1, 0.15) is 13.8 Å². The van der Waals surface area contributed by atoms with E-state index < -0.39 is 0 Å². The second-order valence-corrected chi connectivity index (χ2v) is 1.90. The Morgan fingerprint density at radius 2 is 1.45 bits per heavy atom. The monoisotopic (exact) mass is 163 g/mol. The first kappa shape index (κ1) is 13.5. The highest BCUT2D eigenvalue weighted by molar-refractivity contribution is 4.60. The molecule has 0 radical (unpaired) electrons. The van der Waals surface area contributed by atoms with Crippen LogP contribution in [0.15, 0.2) is 0 Å². The zero-order valence-electron chi connectivity index (χ0n) is 8.31. The summed E-state index contributed by atoms with van der Waals surface area (Å²) in [6, 6.07) is 0.319. The quantitative estimate of drug-likeness (QED) is 0.653. The van der Waals surface area contributed by atoms with Gasteiger partial charge in [0.25, 0.3) is 0 Å². The molecule has 0 unspecified atom stereocenters. The molecular weight excluding hydrogens is 142 g/mol. The summed E-state index contributed by atoms with van der Waals surface area (Å²) >= 11 is 0. The molecule has 70 valence electrons. The van der Waals surface area contributed by atoms with Crippen LogP contribution >= 0.6 is 0 Å². The van der Waals surface area contributed by atoms with Crippen LogP contribution in [0, 0.1) is 0 Å². The molecule has 0 atom stereocenters. The molecule has 0 amide bonds. The summed E-state index contributed by atoms with van der Waals surface area (Å²) in [5, 5.41) is 3.05. The predicted octanol–water partition coefficient (Wildman–Crippen LogP) is 0.893. The Labute approximate surface area is 70.1 Å². The molecule has 0 aromatic heterocycles. The minimum absolute atomic E-state index is 0.319. The summed E-state index contributed by atoms with van der Waals surface area (Å²) in [5.74, 6) is 0. The van der Waals surface area contributed by atoms with Gasteiger partial charge in [0.05, 0.1) is 19.3 Å². The maximum Gasteiger partial charge on any atom is 0.0638 e. The Morgan fingerprint density at radius 1 is 1.09 bits per heavy atom. The van der Waals surface area contributed by atoms with Crippen molar-refractivity contribution in [1.82, 2.24) is 5.32 Å². The average Bonchev–Trinajstić information content (AvgIpc) is 2.08. The van der Waals surface area contributed by atoms with Gasteiger partial charge >= 0.3 is 0 Å². The fourth-order valence-corrected chi connectivity index (χ4v) is 0.617. The molecule has 0 saturated carbocycles. The molecule has 0 heterocycles. The van der Waals surface area contributed by atoms with Crippen molar-refractivity contribution in [2.75, 3.05) is 34.5 Å². The molecule has 0 aliphatic heterocycles. The van der Waals surface area contributed by atoms with Gasteiger partial charge in [-0.2, -0.15) is 0 Å². The van der Waals surface area contributed by atoms with Gasteiger partial charge in [-0.25, -0.2) is 0 Å². The second-order valence-electron chi connectivity index (χ2n) is 1.90. The minimum atomic E-state index is 0.319. The third-order valence-electron chi connectivity index (χ3n) is 1.14. The first-order chi connectivity index (χ1) is 5.35. The van der Waals surface area contributed by atoms with E-state index in [9.17, 15) is 0 Å². The molecule has 3 nitrogen and oxygen atoms in total. The first-order valence-electron chi connectivity index (χ1n) is 4.00. The largest absolute Gasteiger partial charge is 0.383 e. The lowest BCUT2D eigenvalue weighted by molar-refractivity contribution is 0.107. The van der Waals surface area contributed by atoms with Crippen LogP contribution in [0.3, 0.4) is 0 Å². The van der Waals surface area contributed by atoms with Crippen molar-refractivity contribution in [2.45, 2.75) is 19.9 Å². The molecule has 0 fully saturated rings. The number of likely N-dealkylation sites (N-methyl/N-ethyl adjacent to an activating group) is 1. The van der Waals surface area contributed by atoms with Crippen LogP contribution in [0.4, 0.5) is 0 Å². The molecule has 0 aliphatic rings. The Bertz CT molecular complexity index is 54.1. The lowest BCUT2D eigenvalue weighted by Gasteiger charge is -2.12. The SMILES string of the molecule is CC.CNC(COC)COC. The Hall–Kier alpha value is -0.120. The van der Waals surface area contributed by atoms with Crippen molar-refractivity contribution in [3.05, 3.63) is 0 Å². The highest BCUT2D eigenvalue weighted by Crippen LogP contribution is 1.82. The highest BCUT2D eigenvalue weighted by atomic mass is 16.5. The van der Waals surface area contributed by atoms with E-state index in [1.54, 1.807) is 14.2 Å². The van der Waals surface area contributed by atoms with E-state index >= 15 is 0 Å². The molecule has 0 aromatic rings. The molecule has 1 N–H and O–H groups in total.